The summed E-state index contributed by atoms with van der Waals surface area (Å²) in [6.07, 6.45) is 4.68. The number of carbonyl (C=O) groups is 1. The van der Waals surface area contributed by atoms with Gasteiger partial charge in [0.1, 0.15) is 0 Å². The molecule has 15 heavy (non-hydrogen) atoms. The lowest BCUT2D eigenvalue weighted by atomic mass is 9.86. The van der Waals surface area contributed by atoms with Gasteiger partial charge in [0, 0.05) is 5.41 Å². The van der Waals surface area contributed by atoms with Gasteiger partial charge >= 0.3 is 5.97 Å². The van der Waals surface area contributed by atoms with E-state index in [1.165, 1.54) is 20.0 Å². The van der Waals surface area contributed by atoms with Crippen molar-refractivity contribution in [2.24, 2.45) is 17.3 Å². The molecule has 2 atom stereocenters. The Morgan fingerprint density at radius 2 is 2.13 bits per heavy atom. The lowest BCUT2D eigenvalue weighted by Gasteiger charge is -2.23. The predicted octanol–water partition coefficient (Wildman–Crippen LogP) is 1.74. The first kappa shape index (κ1) is 10.9. The molecule has 0 radical (unpaired) electrons. The van der Waals surface area contributed by atoms with Gasteiger partial charge in [-0.15, -0.1) is 0 Å². The molecule has 2 saturated carbocycles. The number of ether oxygens (including phenoxy) is 1. The van der Waals surface area contributed by atoms with Gasteiger partial charge in [-0.05, 0) is 43.9 Å². The summed E-state index contributed by atoms with van der Waals surface area (Å²) in [6, 6.07) is 0. The first-order valence-electron chi connectivity index (χ1n) is 5.85. The summed E-state index contributed by atoms with van der Waals surface area (Å²) in [5.74, 6) is 1.02. The first-order chi connectivity index (χ1) is 7.09. The van der Waals surface area contributed by atoms with Crippen LogP contribution in [-0.2, 0) is 9.53 Å². The summed E-state index contributed by atoms with van der Waals surface area (Å²) in [4.78, 5) is 11.3. The van der Waals surface area contributed by atoms with Gasteiger partial charge in [-0.1, -0.05) is 6.92 Å². The van der Waals surface area contributed by atoms with Gasteiger partial charge < -0.3 is 9.84 Å². The Morgan fingerprint density at radius 1 is 1.53 bits per heavy atom. The number of hydrogen-bond acceptors (Lipinski definition) is 3. The molecular weight excluding hydrogens is 192 g/mol. The average molecular weight is 212 g/mol. The highest BCUT2D eigenvalue weighted by molar-refractivity contribution is 5.75. The van der Waals surface area contributed by atoms with E-state index in [0.717, 1.165) is 25.2 Å². The maximum atomic E-state index is 11.3. The van der Waals surface area contributed by atoms with Gasteiger partial charge in [0.2, 0.25) is 0 Å². The maximum Gasteiger partial charge on any atom is 0.335 e. The first-order valence-corrected chi connectivity index (χ1v) is 5.85. The summed E-state index contributed by atoms with van der Waals surface area (Å²) in [5, 5.41) is 9.88. The lowest BCUT2D eigenvalue weighted by molar-refractivity contribution is -0.155. The third-order valence-electron chi connectivity index (χ3n) is 4.05. The zero-order valence-electron chi connectivity index (χ0n) is 9.53. The van der Waals surface area contributed by atoms with Crippen molar-refractivity contribution in [3.63, 3.8) is 0 Å². The predicted molar refractivity (Wildman–Crippen MR) is 56.2 cm³/mol. The number of esters is 1. The van der Waals surface area contributed by atoms with Gasteiger partial charge in [-0.2, -0.15) is 0 Å². The van der Waals surface area contributed by atoms with Crippen LogP contribution in [0.15, 0.2) is 0 Å². The molecule has 86 valence electrons. The fourth-order valence-electron chi connectivity index (χ4n) is 2.58. The van der Waals surface area contributed by atoms with Crippen molar-refractivity contribution < 1.29 is 14.6 Å². The number of aliphatic hydroxyl groups excluding tert-OH is 1. The summed E-state index contributed by atoms with van der Waals surface area (Å²) in [7, 11) is 1.34. The summed E-state index contributed by atoms with van der Waals surface area (Å²) in [6.45, 7) is 2.24. The van der Waals surface area contributed by atoms with Gasteiger partial charge in [0.05, 0.1) is 7.11 Å². The summed E-state index contributed by atoms with van der Waals surface area (Å²) >= 11 is 0. The zero-order chi connectivity index (χ0) is 11.1. The van der Waals surface area contributed by atoms with Crippen LogP contribution >= 0.6 is 0 Å². The van der Waals surface area contributed by atoms with Crippen molar-refractivity contribution in [3.05, 3.63) is 0 Å². The van der Waals surface area contributed by atoms with Gasteiger partial charge in [0.25, 0.3) is 0 Å². The second kappa shape index (κ2) is 3.78. The fourth-order valence-corrected chi connectivity index (χ4v) is 2.58. The molecule has 2 fully saturated rings. The lowest BCUT2D eigenvalue weighted by Crippen LogP contribution is -2.33. The number of hydrogen-bond donors (Lipinski definition) is 1. The van der Waals surface area contributed by atoms with E-state index < -0.39 is 12.1 Å². The smallest absolute Gasteiger partial charge is 0.335 e. The molecule has 3 heteroatoms. The van der Waals surface area contributed by atoms with Crippen LogP contribution in [0.2, 0.25) is 0 Å². The van der Waals surface area contributed by atoms with E-state index in [2.05, 4.69) is 11.7 Å². The standard InChI is InChI=1S/C12H20O3/c1-8(9-3-4-9)7-12(5-6-12)10(13)11(14)15-2/h8-10,13H,3-7H2,1-2H3. The second-order valence-corrected chi connectivity index (χ2v) is 5.31. The highest BCUT2D eigenvalue weighted by Crippen LogP contribution is 2.56. The molecule has 2 rings (SSSR count). The molecule has 0 aromatic carbocycles. The van der Waals surface area contributed by atoms with Crippen molar-refractivity contribution in [1.29, 1.82) is 0 Å². The number of carbonyl (C=O) groups excluding carboxylic acids is 1. The summed E-state index contributed by atoms with van der Waals surface area (Å²) in [5.41, 5.74) is -0.144. The maximum absolute atomic E-state index is 11.3. The second-order valence-electron chi connectivity index (χ2n) is 5.31. The minimum Gasteiger partial charge on any atom is -0.467 e. The zero-order valence-corrected chi connectivity index (χ0v) is 9.53. The van der Waals surface area contributed by atoms with E-state index in [4.69, 9.17) is 0 Å². The Kier molecular flexibility index (Phi) is 2.75. The van der Waals surface area contributed by atoms with Crippen LogP contribution in [0.4, 0.5) is 0 Å². The molecule has 0 saturated heterocycles. The van der Waals surface area contributed by atoms with Crippen molar-refractivity contribution >= 4 is 5.97 Å². The van der Waals surface area contributed by atoms with E-state index in [-0.39, 0.29) is 5.41 Å². The van der Waals surface area contributed by atoms with Gasteiger partial charge in [-0.25, -0.2) is 4.79 Å². The SMILES string of the molecule is COC(=O)C(O)C1(CC(C)C2CC2)CC1. The molecule has 0 aromatic heterocycles. The van der Waals surface area contributed by atoms with Crippen molar-refractivity contribution in [1.82, 2.24) is 0 Å². The molecule has 0 aromatic rings. The molecule has 1 N–H and O–H groups in total. The van der Waals surface area contributed by atoms with Gasteiger partial charge in [0.15, 0.2) is 6.10 Å². The number of rotatable bonds is 5. The van der Waals surface area contributed by atoms with Crippen LogP contribution in [0.1, 0.15) is 39.0 Å². The van der Waals surface area contributed by atoms with Crippen LogP contribution in [0.25, 0.3) is 0 Å². The van der Waals surface area contributed by atoms with E-state index in [1.54, 1.807) is 0 Å². The van der Waals surface area contributed by atoms with Crippen LogP contribution in [-0.4, -0.2) is 24.3 Å². The largest absolute Gasteiger partial charge is 0.467 e. The molecule has 0 heterocycles. The molecule has 3 nitrogen and oxygen atoms in total. The number of methoxy groups -OCH3 is 1. The van der Waals surface area contributed by atoms with E-state index in [9.17, 15) is 9.90 Å². The molecule has 0 bridgehead atoms. The molecular formula is C12H20O3. The molecule has 0 amide bonds. The van der Waals surface area contributed by atoms with Crippen LogP contribution < -0.4 is 0 Å². The Balaban J connectivity index is 1.91. The van der Waals surface area contributed by atoms with Crippen molar-refractivity contribution in [3.8, 4) is 0 Å². The highest BCUT2D eigenvalue weighted by atomic mass is 16.5. The summed E-state index contributed by atoms with van der Waals surface area (Å²) < 4.78 is 4.61. The Morgan fingerprint density at radius 3 is 2.53 bits per heavy atom. The van der Waals surface area contributed by atoms with Crippen LogP contribution in [0.3, 0.4) is 0 Å². The Bertz CT molecular complexity index is 254. The third-order valence-corrected chi connectivity index (χ3v) is 4.05. The van der Waals surface area contributed by atoms with E-state index in [0.29, 0.717) is 5.92 Å². The number of aliphatic hydroxyl groups is 1. The molecule has 2 aliphatic rings. The third kappa shape index (κ3) is 2.17. The van der Waals surface area contributed by atoms with Crippen LogP contribution in [0, 0.1) is 17.3 Å². The van der Waals surface area contributed by atoms with Gasteiger partial charge in [-0.3, -0.25) is 0 Å². The minimum atomic E-state index is -0.899. The topological polar surface area (TPSA) is 46.5 Å². The van der Waals surface area contributed by atoms with Crippen LogP contribution in [0.5, 0.6) is 0 Å². The van der Waals surface area contributed by atoms with Crippen molar-refractivity contribution in [2.45, 2.75) is 45.1 Å². The Labute approximate surface area is 90.8 Å². The highest BCUT2D eigenvalue weighted by Gasteiger charge is 2.53. The fraction of sp³-hybridized carbons (Fsp3) is 0.917. The molecule has 2 aliphatic carbocycles. The molecule has 0 spiro atoms. The Hall–Kier alpha value is -0.570. The average Bonchev–Trinajstić information content (AvgIpc) is 3.07. The van der Waals surface area contributed by atoms with E-state index in [1.807, 2.05) is 0 Å². The monoisotopic (exact) mass is 212 g/mol. The molecule has 0 aliphatic heterocycles. The molecule has 2 unspecified atom stereocenters. The minimum absolute atomic E-state index is 0.144. The van der Waals surface area contributed by atoms with E-state index >= 15 is 0 Å². The normalized spacial score (nSPS) is 26.9. The van der Waals surface area contributed by atoms with Crippen molar-refractivity contribution in [2.75, 3.05) is 7.11 Å². The quantitative estimate of drug-likeness (QED) is 0.706.